The second-order valence-electron chi connectivity index (χ2n) is 3.65. The van der Waals surface area contributed by atoms with E-state index in [1.54, 1.807) is 6.26 Å². The van der Waals surface area contributed by atoms with E-state index in [4.69, 9.17) is 21.8 Å². The molecule has 1 heterocycles. The number of hydrogen-bond acceptors (Lipinski definition) is 2. The van der Waals surface area contributed by atoms with E-state index in [0.29, 0.717) is 5.02 Å². The number of rotatable bonds is 3. The molecule has 16 heavy (non-hydrogen) atoms. The molecular formula is C13H14ClNO. The third-order valence-electron chi connectivity index (χ3n) is 2.68. The summed E-state index contributed by atoms with van der Waals surface area (Å²) in [5, 5.41) is 0.693. The Balaban J connectivity index is 2.39. The van der Waals surface area contributed by atoms with Crippen LogP contribution in [-0.4, -0.2) is 0 Å². The molecule has 0 fully saturated rings. The SMILES string of the molecule is CCc1occc1C(N)c1ccccc1Cl. The Bertz CT molecular complexity index is 478. The van der Waals surface area contributed by atoms with Crippen LogP contribution in [0.1, 0.15) is 29.9 Å². The Hall–Kier alpha value is -1.25. The fourth-order valence-electron chi connectivity index (χ4n) is 1.81. The molecule has 0 spiro atoms. The Morgan fingerprint density at radius 2 is 2.00 bits per heavy atom. The number of furan rings is 1. The summed E-state index contributed by atoms with van der Waals surface area (Å²) in [5.41, 5.74) is 8.13. The number of halogens is 1. The van der Waals surface area contributed by atoms with Gasteiger partial charge >= 0.3 is 0 Å². The van der Waals surface area contributed by atoms with Crippen LogP contribution in [0.3, 0.4) is 0 Å². The van der Waals surface area contributed by atoms with Gasteiger partial charge in [-0.2, -0.15) is 0 Å². The van der Waals surface area contributed by atoms with Gasteiger partial charge in [0.1, 0.15) is 5.76 Å². The second-order valence-corrected chi connectivity index (χ2v) is 4.06. The minimum Gasteiger partial charge on any atom is -0.469 e. The van der Waals surface area contributed by atoms with E-state index in [0.717, 1.165) is 23.3 Å². The molecule has 1 aromatic heterocycles. The molecule has 2 nitrogen and oxygen atoms in total. The summed E-state index contributed by atoms with van der Waals surface area (Å²) < 4.78 is 5.37. The lowest BCUT2D eigenvalue weighted by Gasteiger charge is -2.13. The number of hydrogen-bond donors (Lipinski definition) is 1. The summed E-state index contributed by atoms with van der Waals surface area (Å²) in [6.45, 7) is 2.04. The Labute approximate surface area is 100 Å². The monoisotopic (exact) mass is 235 g/mol. The van der Waals surface area contributed by atoms with Gasteiger partial charge in [-0.3, -0.25) is 0 Å². The maximum absolute atomic E-state index is 6.19. The van der Waals surface area contributed by atoms with Gasteiger partial charge in [0.05, 0.1) is 12.3 Å². The third kappa shape index (κ3) is 1.99. The van der Waals surface area contributed by atoms with Crippen molar-refractivity contribution < 1.29 is 4.42 Å². The first-order chi connectivity index (χ1) is 7.74. The van der Waals surface area contributed by atoms with E-state index in [9.17, 15) is 0 Å². The number of aryl methyl sites for hydroxylation is 1. The van der Waals surface area contributed by atoms with E-state index in [1.807, 2.05) is 37.3 Å². The van der Waals surface area contributed by atoms with Gasteiger partial charge in [0.2, 0.25) is 0 Å². The van der Waals surface area contributed by atoms with Gasteiger partial charge < -0.3 is 10.2 Å². The zero-order valence-corrected chi connectivity index (χ0v) is 9.87. The largest absolute Gasteiger partial charge is 0.469 e. The lowest BCUT2D eigenvalue weighted by atomic mass is 9.99. The first kappa shape index (κ1) is 11.2. The van der Waals surface area contributed by atoms with Crippen LogP contribution in [0.25, 0.3) is 0 Å². The highest BCUT2D eigenvalue weighted by atomic mass is 35.5. The highest BCUT2D eigenvalue weighted by Gasteiger charge is 2.16. The maximum atomic E-state index is 6.19. The van der Waals surface area contributed by atoms with Gasteiger partial charge in [0, 0.05) is 17.0 Å². The van der Waals surface area contributed by atoms with Crippen LogP contribution in [-0.2, 0) is 6.42 Å². The molecular weight excluding hydrogens is 222 g/mol. The van der Waals surface area contributed by atoms with Gasteiger partial charge in [-0.25, -0.2) is 0 Å². The van der Waals surface area contributed by atoms with Crippen molar-refractivity contribution in [1.82, 2.24) is 0 Å². The van der Waals surface area contributed by atoms with E-state index in [2.05, 4.69) is 0 Å². The smallest absolute Gasteiger partial charge is 0.108 e. The maximum Gasteiger partial charge on any atom is 0.108 e. The van der Waals surface area contributed by atoms with Gasteiger partial charge in [-0.1, -0.05) is 36.7 Å². The quantitative estimate of drug-likeness (QED) is 0.884. The molecule has 1 aromatic carbocycles. The molecule has 0 aliphatic carbocycles. The van der Waals surface area contributed by atoms with Crippen LogP contribution in [0.4, 0.5) is 0 Å². The molecule has 2 aromatic rings. The van der Waals surface area contributed by atoms with Crippen LogP contribution in [0.15, 0.2) is 41.0 Å². The van der Waals surface area contributed by atoms with E-state index in [1.165, 1.54) is 0 Å². The molecule has 1 unspecified atom stereocenters. The molecule has 1 atom stereocenters. The summed E-state index contributed by atoms with van der Waals surface area (Å²) in [5.74, 6) is 0.924. The van der Waals surface area contributed by atoms with Gasteiger partial charge in [-0.05, 0) is 17.7 Å². The van der Waals surface area contributed by atoms with Crippen molar-refractivity contribution in [2.24, 2.45) is 5.73 Å². The highest BCUT2D eigenvalue weighted by molar-refractivity contribution is 6.31. The van der Waals surface area contributed by atoms with E-state index < -0.39 is 0 Å². The van der Waals surface area contributed by atoms with Crippen LogP contribution in [0.2, 0.25) is 5.02 Å². The highest BCUT2D eigenvalue weighted by Crippen LogP contribution is 2.28. The molecule has 2 N–H and O–H groups in total. The molecule has 3 heteroatoms. The second kappa shape index (κ2) is 4.73. The molecule has 84 valence electrons. The normalized spacial score (nSPS) is 12.7. The molecule has 0 aliphatic heterocycles. The Morgan fingerprint density at radius 3 is 2.69 bits per heavy atom. The first-order valence-corrected chi connectivity index (χ1v) is 5.68. The first-order valence-electron chi connectivity index (χ1n) is 5.30. The molecule has 0 bridgehead atoms. The summed E-state index contributed by atoms with van der Waals surface area (Å²) in [4.78, 5) is 0. The minimum absolute atomic E-state index is 0.220. The fraction of sp³-hybridized carbons (Fsp3) is 0.231. The average Bonchev–Trinajstić information content (AvgIpc) is 2.77. The van der Waals surface area contributed by atoms with Crippen LogP contribution in [0.5, 0.6) is 0 Å². The topological polar surface area (TPSA) is 39.2 Å². The van der Waals surface area contributed by atoms with Crippen molar-refractivity contribution in [2.45, 2.75) is 19.4 Å². The lowest BCUT2D eigenvalue weighted by molar-refractivity contribution is 0.509. The molecule has 0 radical (unpaired) electrons. The zero-order valence-electron chi connectivity index (χ0n) is 9.11. The van der Waals surface area contributed by atoms with Gasteiger partial charge in [-0.15, -0.1) is 0 Å². The fourth-order valence-corrected chi connectivity index (χ4v) is 2.06. The summed E-state index contributed by atoms with van der Waals surface area (Å²) >= 11 is 6.12. The van der Waals surface area contributed by atoms with E-state index >= 15 is 0 Å². The van der Waals surface area contributed by atoms with Crippen molar-refractivity contribution in [3.8, 4) is 0 Å². The van der Waals surface area contributed by atoms with E-state index in [-0.39, 0.29) is 6.04 Å². The predicted octanol–water partition coefficient (Wildman–Crippen LogP) is 3.54. The Morgan fingerprint density at radius 1 is 1.25 bits per heavy atom. The minimum atomic E-state index is -0.220. The zero-order chi connectivity index (χ0) is 11.5. The molecule has 0 saturated carbocycles. The van der Waals surface area contributed by atoms with Crippen molar-refractivity contribution >= 4 is 11.6 Å². The van der Waals surface area contributed by atoms with Gasteiger partial charge in [0.15, 0.2) is 0 Å². The number of benzene rings is 1. The van der Waals surface area contributed by atoms with Crippen molar-refractivity contribution in [1.29, 1.82) is 0 Å². The third-order valence-corrected chi connectivity index (χ3v) is 3.02. The van der Waals surface area contributed by atoms with Crippen LogP contribution < -0.4 is 5.73 Å². The van der Waals surface area contributed by atoms with Gasteiger partial charge in [0.25, 0.3) is 0 Å². The standard InChI is InChI=1S/C13H14ClNO/c1-2-12-10(7-8-16-12)13(15)9-5-3-4-6-11(9)14/h3-8,13H,2,15H2,1H3. The van der Waals surface area contributed by atoms with Crippen molar-refractivity contribution in [3.05, 3.63) is 58.5 Å². The molecule has 0 aliphatic rings. The van der Waals surface area contributed by atoms with Crippen molar-refractivity contribution in [2.75, 3.05) is 0 Å². The van der Waals surface area contributed by atoms with Crippen molar-refractivity contribution in [3.63, 3.8) is 0 Å². The predicted molar refractivity (Wildman–Crippen MR) is 65.6 cm³/mol. The van der Waals surface area contributed by atoms with Crippen LogP contribution in [0, 0.1) is 0 Å². The summed E-state index contributed by atoms with van der Waals surface area (Å²) in [7, 11) is 0. The molecule has 0 amide bonds. The van der Waals surface area contributed by atoms with Crippen LogP contribution >= 0.6 is 11.6 Å². The Kier molecular flexibility index (Phi) is 3.32. The molecule has 2 rings (SSSR count). The summed E-state index contributed by atoms with van der Waals surface area (Å²) in [6, 6.07) is 9.32. The number of nitrogens with two attached hydrogens (primary N) is 1. The lowest BCUT2D eigenvalue weighted by Crippen LogP contribution is -2.13. The summed E-state index contributed by atoms with van der Waals surface area (Å²) in [6.07, 6.45) is 2.51. The molecule has 0 saturated heterocycles. The average molecular weight is 236 g/mol.